The van der Waals surface area contributed by atoms with E-state index in [1.165, 1.54) is 31.4 Å². The summed E-state index contributed by atoms with van der Waals surface area (Å²) in [7, 11) is 0. The maximum atomic E-state index is 13.2. The molecule has 0 saturated carbocycles. The first-order valence-corrected chi connectivity index (χ1v) is 7.65. The maximum Gasteiger partial charge on any atom is 0.123 e. The molecule has 0 spiro atoms. The van der Waals surface area contributed by atoms with Crippen LogP contribution in [-0.2, 0) is 11.3 Å². The van der Waals surface area contributed by atoms with Crippen molar-refractivity contribution in [3.8, 4) is 0 Å². The van der Waals surface area contributed by atoms with Crippen LogP contribution in [-0.4, -0.2) is 11.6 Å². The van der Waals surface area contributed by atoms with Gasteiger partial charge < -0.3 is 10.5 Å². The van der Waals surface area contributed by atoms with Gasteiger partial charge in [-0.1, -0.05) is 51.4 Å². The highest BCUT2D eigenvalue weighted by molar-refractivity contribution is 7.80. The zero-order chi connectivity index (χ0) is 15.0. The Kier molecular flexibility index (Phi) is 7.70. The molecule has 0 amide bonds. The molecule has 0 heterocycles. The third-order valence-electron chi connectivity index (χ3n) is 3.49. The van der Waals surface area contributed by atoms with Gasteiger partial charge in [0, 0.05) is 12.2 Å². The van der Waals surface area contributed by atoms with Crippen molar-refractivity contribution in [2.45, 2.75) is 46.1 Å². The number of ether oxygens (including phenoxy) is 1. The molecule has 0 saturated heterocycles. The molecule has 112 valence electrons. The van der Waals surface area contributed by atoms with Gasteiger partial charge in [0.1, 0.15) is 10.8 Å². The van der Waals surface area contributed by atoms with E-state index in [-0.39, 0.29) is 10.8 Å². The number of benzene rings is 1. The molecule has 0 fully saturated rings. The number of rotatable bonds is 9. The van der Waals surface area contributed by atoms with Crippen LogP contribution in [0.3, 0.4) is 0 Å². The van der Waals surface area contributed by atoms with Crippen LogP contribution >= 0.6 is 12.2 Å². The summed E-state index contributed by atoms with van der Waals surface area (Å²) in [6.45, 7) is 5.53. The quantitative estimate of drug-likeness (QED) is 0.694. The Balaban J connectivity index is 2.55. The SMILES string of the molecule is CCCCC(CC)COCc1ccc(F)cc1C(N)=S. The van der Waals surface area contributed by atoms with Crippen LogP contribution in [0.25, 0.3) is 0 Å². The van der Waals surface area contributed by atoms with Gasteiger partial charge in [-0.3, -0.25) is 0 Å². The summed E-state index contributed by atoms with van der Waals surface area (Å²) in [5, 5.41) is 0. The summed E-state index contributed by atoms with van der Waals surface area (Å²) in [4.78, 5) is 0.209. The zero-order valence-corrected chi connectivity index (χ0v) is 13.1. The highest BCUT2D eigenvalue weighted by Gasteiger charge is 2.09. The lowest BCUT2D eigenvalue weighted by Crippen LogP contribution is -2.15. The molecule has 1 rings (SSSR count). The van der Waals surface area contributed by atoms with E-state index in [0.29, 0.717) is 18.1 Å². The first-order valence-electron chi connectivity index (χ1n) is 7.24. The third kappa shape index (κ3) is 5.55. The minimum atomic E-state index is -0.328. The second kappa shape index (κ2) is 9.03. The van der Waals surface area contributed by atoms with Gasteiger partial charge in [-0.05, 0) is 30.0 Å². The number of nitrogens with two attached hydrogens (primary N) is 1. The van der Waals surface area contributed by atoms with E-state index in [1.54, 1.807) is 6.07 Å². The van der Waals surface area contributed by atoms with E-state index in [1.807, 2.05) is 0 Å². The molecule has 1 unspecified atom stereocenters. The van der Waals surface area contributed by atoms with Crippen molar-refractivity contribution in [3.63, 3.8) is 0 Å². The second-order valence-electron chi connectivity index (χ2n) is 5.10. The number of hydrogen-bond acceptors (Lipinski definition) is 2. The number of halogens is 1. The normalized spacial score (nSPS) is 12.3. The van der Waals surface area contributed by atoms with E-state index in [9.17, 15) is 4.39 Å². The van der Waals surface area contributed by atoms with Crippen LogP contribution in [0.1, 0.15) is 50.7 Å². The predicted molar refractivity (Wildman–Crippen MR) is 85.2 cm³/mol. The van der Waals surface area contributed by atoms with Gasteiger partial charge in [0.05, 0.1) is 6.61 Å². The number of hydrogen-bond donors (Lipinski definition) is 1. The van der Waals surface area contributed by atoms with Crippen molar-refractivity contribution in [3.05, 3.63) is 35.1 Å². The minimum absolute atomic E-state index is 0.209. The average Bonchev–Trinajstić information content (AvgIpc) is 2.43. The molecular formula is C16H24FNOS. The van der Waals surface area contributed by atoms with E-state index in [0.717, 1.165) is 18.6 Å². The van der Waals surface area contributed by atoms with Crippen molar-refractivity contribution in [2.24, 2.45) is 11.7 Å². The van der Waals surface area contributed by atoms with Crippen molar-refractivity contribution in [1.82, 2.24) is 0 Å². The molecule has 0 aromatic heterocycles. The Hall–Kier alpha value is -1.00. The second-order valence-corrected chi connectivity index (χ2v) is 5.54. The van der Waals surface area contributed by atoms with Crippen LogP contribution in [0.5, 0.6) is 0 Å². The van der Waals surface area contributed by atoms with Gasteiger partial charge in [0.2, 0.25) is 0 Å². The predicted octanol–water partition coefficient (Wildman–Crippen LogP) is 4.19. The molecule has 2 N–H and O–H groups in total. The van der Waals surface area contributed by atoms with Crippen molar-refractivity contribution in [2.75, 3.05) is 6.61 Å². The summed E-state index contributed by atoms with van der Waals surface area (Å²) in [5.41, 5.74) is 7.04. The molecule has 1 aromatic rings. The van der Waals surface area contributed by atoms with Gasteiger partial charge in [0.25, 0.3) is 0 Å². The minimum Gasteiger partial charge on any atom is -0.389 e. The first-order chi connectivity index (χ1) is 9.58. The molecule has 1 atom stereocenters. The molecule has 0 aliphatic rings. The summed E-state index contributed by atoms with van der Waals surface area (Å²) < 4.78 is 19.0. The smallest absolute Gasteiger partial charge is 0.123 e. The highest BCUT2D eigenvalue weighted by Crippen LogP contribution is 2.16. The summed E-state index contributed by atoms with van der Waals surface area (Å²) >= 11 is 4.95. The molecule has 0 aliphatic heterocycles. The fourth-order valence-electron chi connectivity index (χ4n) is 2.14. The van der Waals surface area contributed by atoms with Gasteiger partial charge in [-0.2, -0.15) is 0 Å². The maximum absolute atomic E-state index is 13.2. The lowest BCUT2D eigenvalue weighted by molar-refractivity contribution is 0.0819. The Labute approximate surface area is 126 Å². The topological polar surface area (TPSA) is 35.2 Å². The summed E-state index contributed by atoms with van der Waals surface area (Å²) in [6, 6.07) is 4.47. The average molecular weight is 297 g/mol. The fourth-order valence-corrected chi connectivity index (χ4v) is 2.33. The molecule has 0 radical (unpaired) electrons. The molecule has 20 heavy (non-hydrogen) atoms. The molecule has 4 heteroatoms. The van der Waals surface area contributed by atoms with Crippen LogP contribution in [0.4, 0.5) is 4.39 Å². The Morgan fingerprint density at radius 2 is 2.15 bits per heavy atom. The summed E-state index contributed by atoms with van der Waals surface area (Å²) in [6.07, 6.45) is 4.75. The van der Waals surface area contributed by atoms with Gasteiger partial charge in [-0.15, -0.1) is 0 Å². The van der Waals surface area contributed by atoms with Crippen LogP contribution < -0.4 is 5.73 Å². The van der Waals surface area contributed by atoms with Gasteiger partial charge in [-0.25, -0.2) is 4.39 Å². The number of thiocarbonyl (C=S) groups is 1. The van der Waals surface area contributed by atoms with Crippen molar-refractivity contribution < 1.29 is 9.13 Å². The standard InChI is InChI=1S/C16H24FNOS/c1-3-5-6-12(4-2)10-19-11-13-7-8-14(17)9-15(13)16(18)20/h7-9,12H,3-6,10-11H2,1-2H3,(H2,18,20). The largest absolute Gasteiger partial charge is 0.389 e. The van der Waals surface area contributed by atoms with Crippen LogP contribution in [0, 0.1) is 11.7 Å². The fraction of sp³-hybridized carbons (Fsp3) is 0.562. The highest BCUT2D eigenvalue weighted by atomic mass is 32.1. The van der Waals surface area contributed by atoms with Crippen LogP contribution in [0.2, 0.25) is 0 Å². The molecular weight excluding hydrogens is 273 g/mol. The Morgan fingerprint density at radius 1 is 1.40 bits per heavy atom. The third-order valence-corrected chi connectivity index (χ3v) is 3.71. The van der Waals surface area contributed by atoms with Crippen molar-refractivity contribution >= 4 is 17.2 Å². The molecule has 2 nitrogen and oxygen atoms in total. The van der Waals surface area contributed by atoms with Crippen molar-refractivity contribution in [1.29, 1.82) is 0 Å². The molecule has 1 aromatic carbocycles. The van der Waals surface area contributed by atoms with Crippen LogP contribution in [0.15, 0.2) is 18.2 Å². The van der Waals surface area contributed by atoms with Gasteiger partial charge >= 0.3 is 0 Å². The van der Waals surface area contributed by atoms with E-state index < -0.39 is 0 Å². The Morgan fingerprint density at radius 3 is 2.75 bits per heavy atom. The van der Waals surface area contributed by atoms with Gasteiger partial charge in [0.15, 0.2) is 0 Å². The van der Waals surface area contributed by atoms with E-state index in [4.69, 9.17) is 22.7 Å². The lowest BCUT2D eigenvalue weighted by Gasteiger charge is -2.15. The zero-order valence-electron chi connectivity index (χ0n) is 12.3. The monoisotopic (exact) mass is 297 g/mol. The molecule has 0 aliphatic carbocycles. The van der Waals surface area contributed by atoms with E-state index >= 15 is 0 Å². The summed E-state index contributed by atoms with van der Waals surface area (Å²) in [5.74, 6) is 0.259. The number of unbranched alkanes of at least 4 members (excludes halogenated alkanes) is 1. The lowest BCUT2D eigenvalue weighted by atomic mass is 10.0. The molecule has 0 bridgehead atoms. The Bertz CT molecular complexity index is 436. The first kappa shape index (κ1) is 17.1. The van der Waals surface area contributed by atoms with E-state index in [2.05, 4.69) is 13.8 Å².